The second-order valence-electron chi connectivity index (χ2n) is 1.94. The Morgan fingerprint density at radius 3 is 2.55 bits per heavy atom. The third-order valence-corrected chi connectivity index (χ3v) is 1.17. The summed E-state index contributed by atoms with van der Waals surface area (Å²) in [4.78, 5) is 3.10. The van der Waals surface area contributed by atoms with Crippen LogP contribution < -0.4 is 5.73 Å². The lowest BCUT2D eigenvalue weighted by Crippen LogP contribution is -1.97. The lowest BCUT2D eigenvalue weighted by molar-refractivity contribution is 0.151. The van der Waals surface area contributed by atoms with Gasteiger partial charge >= 0.3 is 0 Å². The van der Waals surface area contributed by atoms with Gasteiger partial charge in [-0.3, -0.25) is 0 Å². The van der Waals surface area contributed by atoms with E-state index in [9.17, 15) is 13.2 Å². The van der Waals surface area contributed by atoms with Crippen molar-refractivity contribution in [2.24, 2.45) is 0 Å². The zero-order valence-corrected chi connectivity index (χ0v) is 5.39. The van der Waals surface area contributed by atoms with Crippen LogP contribution in [-0.2, 0) is 0 Å². The monoisotopic (exact) mass is 162 g/mol. The molecule has 0 bridgehead atoms. The number of hydrogen-bond acceptors (Lipinski definition) is 2. The molecule has 0 radical (unpaired) electrons. The molecule has 0 saturated carbocycles. The van der Waals surface area contributed by atoms with Gasteiger partial charge in [-0.05, 0) is 0 Å². The van der Waals surface area contributed by atoms with Crippen LogP contribution in [0.3, 0.4) is 0 Å². The summed E-state index contributed by atoms with van der Waals surface area (Å²) in [7, 11) is 0. The van der Waals surface area contributed by atoms with Gasteiger partial charge in [0.05, 0.1) is 11.9 Å². The molecular formula is C6H5F3N2. The Labute approximate surface area is 60.9 Å². The van der Waals surface area contributed by atoms with Crippen LogP contribution in [0.15, 0.2) is 12.3 Å². The summed E-state index contributed by atoms with van der Waals surface area (Å²) in [6, 6.07) is 0.625. The Morgan fingerprint density at radius 2 is 2.09 bits per heavy atom. The fraction of sp³-hybridized carbons (Fsp3) is 0.167. The number of alkyl halides is 2. The molecule has 0 aliphatic rings. The third-order valence-electron chi connectivity index (χ3n) is 1.17. The van der Waals surface area contributed by atoms with Crippen molar-refractivity contribution < 1.29 is 13.2 Å². The molecule has 0 saturated heterocycles. The van der Waals surface area contributed by atoms with Crippen LogP contribution in [0.25, 0.3) is 0 Å². The summed E-state index contributed by atoms with van der Waals surface area (Å²) in [6.45, 7) is 0. The molecule has 0 spiro atoms. The number of nitrogens with two attached hydrogens (primary N) is 1. The van der Waals surface area contributed by atoms with Crippen molar-refractivity contribution in [1.82, 2.24) is 4.98 Å². The van der Waals surface area contributed by atoms with Gasteiger partial charge in [-0.25, -0.2) is 13.8 Å². The summed E-state index contributed by atoms with van der Waals surface area (Å²) < 4.78 is 36.1. The van der Waals surface area contributed by atoms with E-state index in [4.69, 9.17) is 5.73 Å². The minimum Gasteiger partial charge on any atom is -0.397 e. The number of rotatable bonds is 1. The number of hydrogen-bond donors (Lipinski definition) is 1. The molecule has 2 N–H and O–H groups in total. The number of nitrogen functional groups attached to an aromatic ring is 1. The van der Waals surface area contributed by atoms with Crippen molar-refractivity contribution in [3.63, 3.8) is 0 Å². The van der Waals surface area contributed by atoms with E-state index < -0.39 is 17.9 Å². The minimum atomic E-state index is -2.76. The third kappa shape index (κ3) is 1.60. The quantitative estimate of drug-likeness (QED) is 0.639. The van der Waals surface area contributed by atoms with Gasteiger partial charge in [0.25, 0.3) is 6.43 Å². The van der Waals surface area contributed by atoms with Crippen LogP contribution in [0, 0.1) is 5.95 Å². The predicted molar refractivity (Wildman–Crippen MR) is 33.6 cm³/mol. The highest BCUT2D eigenvalue weighted by molar-refractivity contribution is 5.44. The minimum absolute atomic E-state index is 0.193. The number of halogens is 3. The maximum absolute atomic E-state index is 12.2. The molecule has 0 atom stereocenters. The summed E-state index contributed by atoms with van der Waals surface area (Å²) in [5.41, 5.74) is 4.37. The van der Waals surface area contributed by atoms with Gasteiger partial charge in [0, 0.05) is 11.6 Å². The first-order chi connectivity index (χ1) is 5.11. The van der Waals surface area contributed by atoms with E-state index in [1.54, 1.807) is 0 Å². The molecule has 0 aliphatic heterocycles. The van der Waals surface area contributed by atoms with E-state index in [1.165, 1.54) is 0 Å². The first-order valence-corrected chi connectivity index (χ1v) is 2.80. The highest BCUT2D eigenvalue weighted by atomic mass is 19.3. The van der Waals surface area contributed by atoms with Gasteiger partial charge in [-0.15, -0.1) is 0 Å². The van der Waals surface area contributed by atoms with Gasteiger partial charge in [0.1, 0.15) is 0 Å². The number of pyridine rings is 1. The topological polar surface area (TPSA) is 38.9 Å². The molecule has 2 nitrogen and oxygen atoms in total. The SMILES string of the molecule is Nc1cnc(F)cc1C(F)F. The molecule has 0 unspecified atom stereocenters. The van der Waals surface area contributed by atoms with Gasteiger partial charge in [0.2, 0.25) is 5.95 Å². The van der Waals surface area contributed by atoms with E-state index in [-0.39, 0.29) is 5.69 Å². The van der Waals surface area contributed by atoms with Crippen molar-refractivity contribution in [3.05, 3.63) is 23.8 Å². The molecule has 1 aromatic rings. The van der Waals surface area contributed by atoms with Crippen molar-refractivity contribution in [3.8, 4) is 0 Å². The molecule has 0 aliphatic carbocycles. The smallest absolute Gasteiger partial charge is 0.266 e. The predicted octanol–water partition coefficient (Wildman–Crippen LogP) is 1.74. The van der Waals surface area contributed by atoms with E-state index in [1.807, 2.05) is 0 Å². The summed E-state index contributed by atoms with van der Waals surface area (Å²) in [5.74, 6) is -0.950. The number of anilines is 1. The fourth-order valence-electron chi connectivity index (χ4n) is 0.644. The van der Waals surface area contributed by atoms with Gasteiger partial charge in [-0.2, -0.15) is 4.39 Å². The van der Waals surface area contributed by atoms with Gasteiger partial charge in [0.15, 0.2) is 0 Å². The van der Waals surface area contributed by atoms with E-state index >= 15 is 0 Å². The van der Waals surface area contributed by atoms with E-state index in [2.05, 4.69) is 4.98 Å². The van der Waals surface area contributed by atoms with Gasteiger partial charge in [-0.1, -0.05) is 0 Å². The second kappa shape index (κ2) is 2.77. The number of aromatic nitrogens is 1. The van der Waals surface area contributed by atoms with Crippen molar-refractivity contribution >= 4 is 5.69 Å². The first kappa shape index (κ1) is 7.84. The van der Waals surface area contributed by atoms with Gasteiger partial charge < -0.3 is 5.73 Å². The maximum Gasteiger partial charge on any atom is 0.266 e. The summed E-state index contributed by atoms with van der Waals surface area (Å²) in [6.07, 6.45) is -1.89. The molecular weight excluding hydrogens is 157 g/mol. The first-order valence-electron chi connectivity index (χ1n) is 2.80. The molecule has 0 fully saturated rings. The highest BCUT2D eigenvalue weighted by Crippen LogP contribution is 2.23. The molecule has 11 heavy (non-hydrogen) atoms. The van der Waals surface area contributed by atoms with E-state index in [0.717, 1.165) is 6.20 Å². The standard InChI is InChI=1S/C6H5F3N2/c7-5-1-3(6(8)9)4(10)2-11-5/h1-2,6H,10H2. The Morgan fingerprint density at radius 1 is 1.45 bits per heavy atom. The zero-order valence-electron chi connectivity index (χ0n) is 5.39. The second-order valence-corrected chi connectivity index (χ2v) is 1.94. The van der Waals surface area contributed by atoms with Crippen molar-refractivity contribution in [2.45, 2.75) is 6.43 Å². The Kier molecular flexibility index (Phi) is 1.98. The Balaban J connectivity index is 3.13. The Hall–Kier alpha value is -1.26. The normalized spacial score (nSPS) is 10.5. The lowest BCUT2D eigenvalue weighted by atomic mass is 10.2. The molecule has 0 aromatic carbocycles. The average molecular weight is 162 g/mol. The van der Waals surface area contributed by atoms with Crippen LogP contribution >= 0.6 is 0 Å². The Bertz CT molecular complexity index is 262. The summed E-state index contributed by atoms with van der Waals surface area (Å²) >= 11 is 0. The van der Waals surface area contributed by atoms with Crippen LogP contribution in [0.1, 0.15) is 12.0 Å². The highest BCUT2D eigenvalue weighted by Gasteiger charge is 2.11. The molecule has 1 heterocycles. The van der Waals surface area contributed by atoms with E-state index in [0.29, 0.717) is 6.07 Å². The lowest BCUT2D eigenvalue weighted by Gasteiger charge is -2.01. The maximum atomic E-state index is 12.2. The van der Waals surface area contributed by atoms with Crippen LogP contribution in [-0.4, -0.2) is 4.98 Å². The van der Waals surface area contributed by atoms with Crippen molar-refractivity contribution in [1.29, 1.82) is 0 Å². The van der Waals surface area contributed by atoms with Crippen LogP contribution in [0.2, 0.25) is 0 Å². The average Bonchev–Trinajstić information content (AvgIpc) is 1.94. The summed E-state index contributed by atoms with van der Waals surface area (Å²) in [5, 5.41) is 0. The largest absolute Gasteiger partial charge is 0.397 e. The molecule has 0 amide bonds. The zero-order chi connectivity index (χ0) is 8.43. The number of nitrogens with zero attached hydrogens (tertiary/aromatic N) is 1. The molecule has 5 heteroatoms. The van der Waals surface area contributed by atoms with Crippen molar-refractivity contribution in [2.75, 3.05) is 5.73 Å². The molecule has 1 rings (SSSR count). The molecule has 1 aromatic heterocycles. The van der Waals surface area contributed by atoms with Crippen LogP contribution in [0.5, 0.6) is 0 Å². The molecule has 60 valence electrons. The fourth-order valence-corrected chi connectivity index (χ4v) is 0.644. The van der Waals surface area contributed by atoms with Crippen LogP contribution in [0.4, 0.5) is 18.9 Å².